The van der Waals surface area contributed by atoms with Gasteiger partial charge in [-0.05, 0) is 44.1 Å². The molecule has 2 aliphatic rings. The summed E-state index contributed by atoms with van der Waals surface area (Å²) in [6.07, 6.45) is 11.5. The molecule has 0 unspecified atom stereocenters. The van der Waals surface area contributed by atoms with Crippen LogP contribution < -0.4 is 0 Å². The van der Waals surface area contributed by atoms with E-state index in [-0.39, 0.29) is 0 Å². The van der Waals surface area contributed by atoms with Crippen LogP contribution in [0, 0.1) is 5.41 Å². The molecule has 0 aliphatic heterocycles. The Morgan fingerprint density at radius 3 is 2.44 bits per heavy atom. The molecule has 0 heterocycles. The van der Waals surface area contributed by atoms with Crippen molar-refractivity contribution in [3.63, 3.8) is 0 Å². The van der Waals surface area contributed by atoms with Crippen LogP contribution in [0.1, 0.15) is 58.3 Å². The highest BCUT2D eigenvalue weighted by Crippen LogP contribution is 2.42. The molecule has 0 radical (unpaired) electrons. The Kier molecular flexibility index (Phi) is 4.72. The van der Waals surface area contributed by atoms with E-state index in [1.54, 1.807) is 0 Å². The second kappa shape index (κ2) is 5.86. The molecule has 0 amide bonds. The van der Waals surface area contributed by atoms with Gasteiger partial charge in [0.25, 0.3) is 0 Å². The molecule has 94 valence electrons. The van der Waals surface area contributed by atoms with Gasteiger partial charge in [0, 0.05) is 17.9 Å². The number of unbranched alkanes of at least 4 members (excludes halogenated alkanes) is 1. The Bertz CT molecular complexity index is 207. The van der Waals surface area contributed by atoms with Crippen molar-refractivity contribution in [1.82, 2.24) is 4.90 Å². The molecule has 2 fully saturated rings. The highest BCUT2D eigenvalue weighted by atomic mass is 79.9. The first-order chi connectivity index (χ1) is 7.79. The highest BCUT2D eigenvalue weighted by Gasteiger charge is 2.38. The topological polar surface area (TPSA) is 3.24 Å². The predicted octanol–water partition coefficient (Wildman–Crippen LogP) is 4.21. The second-order valence-electron chi connectivity index (χ2n) is 5.90. The first-order valence-corrected chi connectivity index (χ1v) is 8.22. The maximum absolute atomic E-state index is 3.77. The summed E-state index contributed by atoms with van der Waals surface area (Å²) in [4.78, 5) is 2.80. The minimum absolute atomic E-state index is 0.621. The van der Waals surface area contributed by atoms with Gasteiger partial charge in [-0.1, -0.05) is 42.1 Å². The molecule has 16 heavy (non-hydrogen) atoms. The van der Waals surface area contributed by atoms with Gasteiger partial charge in [-0.2, -0.15) is 0 Å². The summed E-state index contributed by atoms with van der Waals surface area (Å²) in [5.41, 5.74) is 0.621. The van der Waals surface area contributed by atoms with Crippen molar-refractivity contribution in [3.05, 3.63) is 0 Å². The molecule has 0 bridgehead atoms. The van der Waals surface area contributed by atoms with E-state index in [0.717, 1.165) is 6.04 Å². The van der Waals surface area contributed by atoms with E-state index in [1.165, 1.54) is 69.8 Å². The Hall–Kier alpha value is 0.440. The Morgan fingerprint density at radius 2 is 1.94 bits per heavy atom. The first-order valence-electron chi connectivity index (χ1n) is 7.10. The largest absolute Gasteiger partial charge is 0.300 e. The van der Waals surface area contributed by atoms with Gasteiger partial charge >= 0.3 is 0 Å². The maximum atomic E-state index is 3.77. The maximum Gasteiger partial charge on any atom is 0.0100 e. The molecule has 2 aliphatic carbocycles. The summed E-state index contributed by atoms with van der Waals surface area (Å²) >= 11 is 3.77. The Balaban J connectivity index is 1.87. The van der Waals surface area contributed by atoms with Crippen molar-refractivity contribution in [2.24, 2.45) is 5.41 Å². The SMILES string of the molecule is CCCCN(CC1(CBr)CCCC1)C1CC1. The van der Waals surface area contributed by atoms with Crippen LogP contribution in [-0.4, -0.2) is 29.4 Å². The average Bonchev–Trinajstić information content (AvgIpc) is 3.05. The number of hydrogen-bond acceptors (Lipinski definition) is 1. The van der Waals surface area contributed by atoms with Gasteiger partial charge in [-0.15, -0.1) is 0 Å². The second-order valence-corrected chi connectivity index (χ2v) is 6.46. The van der Waals surface area contributed by atoms with Gasteiger partial charge < -0.3 is 0 Å². The lowest BCUT2D eigenvalue weighted by atomic mass is 9.88. The van der Waals surface area contributed by atoms with E-state index in [1.807, 2.05) is 0 Å². The number of hydrogen-bond donors (Lipinski definition) is 0. The number of rotatable bonds is 7. The molecule has 2 saturated carbocycles. The third-order valence-electron chi connectivity index (χ3n) is 4.35. The molecule has 0 spiro atoms. The fourth-order valence-corrected chi connectivity index (χ4v) is 3.82. The van der Waals surface area contributed by atoms with Crippen molar-refractivity contribution in [2.75, 3.05) is 18.4 Å². The summed E-state index contributed by atoms with van der Waals surface area (Å²) in [5, 5.41) is 1.22. The molecule has 2 rings (SSSR count). The van der Waals surface area contributed by atoms with E-state index in [0.29, 0.717) is 5.41 Å². The standard InChI is InChI=1S/C14H26BrN/c1-2-3-10-16(13-6-7-13)12-14(11-15)8-4-5-9-14/h13H,2-12H2,1H3. The van der Waals surface area contributed by atoms with E-state index < -0.39 is 0 Å². The van der Waals surface area contributed by atoms with E-state index in [9.17, 15) is 0 Å². The zero-order valence-corrected chi connectivity index (χ0v) is 12.3. The van der Waals surface area contributed by atoms with Crippen LogP contribution in [0.4, 0.5) is 0 Å². The van der Waals surface area contributed by atoms with E-state index in [4.69, 9.17) is 0 Å². The van der Waals surface area contributed by atoms with Crippen LogP contribution in [0.5, 0.6) is 0 Å². The number of nitrogens with zero attached hydrogens (tertiary/aromatic N) is 1. The fourth-order valence-electron chi connectivity index (χ4n) is 3.08. The van der Waals surface area contributed by atoms with Crippen molar-refractivity contribution in [3.8, 4) is 0 Å². The normalized spacial score (nSPS) is 24.2. The Morgan fingerprint density at radius 1 is 1.25 bits per heavy atom. The van der Waals surface area contributed by atoms with Crippen LogP contribution in [0.3, 0.4) is 0 Å². The summed E-state index contributed by atoms with van der Waals surface area (Å²) in [7, 11) is 0. The van der Waals surface area contributed by atoms with E-state index in [2.05, 4.69) is 27.8 Å². The van der Waals surface area contributed by atoms with Crippen LogP contribution in [-0.2, 0) is 0 Å². The Labute approximate surface area is 109 Å². The number of halogens is 1. The molecule has 0 N–H and O–H groups in total. The third kappa shape index (κ3) is 3.22. The minimum atomic E-state index is 0.621. The van der Waals surface area contributed by atoms with Crippen LogP contribution in [0.2, 0.25) is 0 Å². The summed E-state index contributed by atoms with van der Waals surface area (Å²) in [5.74, 6) is 0. The molecule has 0 aromatic rings. The molecule has 0 aromatic carbocycles. The van der Waals surface area contributed by atoms with Crippen LogP contribution in [0.25, 0.3) is 0 Å². The van der Waals surface area contributed by atoms with Crippen molar-refractivity contribution in [1.29, 1.82) is 0 Å². The van der Waals surface area contributed by atoms with E-state index >= 15 is 0 Å². The van der Waals surface area contributed by atoms with Gasteiger partial charge in [-0.3, -0.25) is 4.90 Å². The van der Waals surface area contributed by atoms with Gasteiger partial charge in [-0.25, -0.2) is 0 Å². The van der Waals surface area contributed by atoms with Gasteiger partial charge in [0.2, 0.25) is 0 Å². The molecule has 0 atom stereocenters. The van der Waals surface area contributed by atoms with Gasteiger partial charge in [0.05, 0.1) is 0 Å². The summed E-state index contributed by atoms with van der Waals surface area (Å²) in [6, 6.07) is 0.947. The first kappa shape index (κ1) is 12.9. The summed E-state index contributed by atoms with van der Waals surface area (Å²) < 4.78 is 0. The average molecular weight is 288 g/mol. The van der Waals surface area contributed by atoms with Crippen LogP contribution >= 0.6 is 15.9 Å². The monoisotopic (exact) mass is 287 g/mol. The zero-order chi connectivity index (χ0) is 11.4. The van der Waals surface area contributed by atoms with Crippen molar-refractivity contribution < 1.29 is 0 Å². The lowest BCUT2D eigenvalue weighted by molar-refractivity contribution is 0.162. The smallest absolute Gasteiger partial charge is 0.0100 e. The fraction of sp³-hybridized carbons (Fsp3) is 1.00. The van der Waals surface area contributed by atoms with Gasteiger partial charge in [0.15, 0.2) is 0 Å². The predicted molar refractivity (Wildman–Crippen MR) is 74.2 cm³/mol. The number of alkyl halides is 1. The molecule has 1 nitrogen and oxygen atoms in total. The van der Waals surface area contributed by atoms with Crippen molar-refractivity contribution in [2.45, 2.75) is 64.3 Å². The summed E-state index contributed by atoms with van der Waals surface area (Å²) in [6.45, 7) is 5.01. The lowest BCUT2D eigenvalue weighted by Crippen LogP contribution is -2.39. The molecule has 0 aromatic heterocycles. The lowest BCUT2D eigenvalue weighted by Gasteiger charge is -2.34. The van der Waals surface area contributed by atoms with Crippen LogP contribution in [0.15, 0.2) is 0 Å². The quantitative estimate of drug-likeness (QED) is 0.634. The molecule has 0 saturated heterocycles. The minimum Gasteiger partial charge on any atom is -0.300 e. The van der Waals surface area contributed by atoms with Crippen molar-refractivity contribution >= 4 is 15.9 Å². The van der Waals surface area contributed by atoms with Gasteiger partial charge in [0.1, 0.15) is 0 Å². The molecular weight excluding hydrogens is 262 g/mol. The third-order valence-corrected chi connectivity index (χ3v) is 5.54. The molecular formula is C14H26BrN. The zero-order valence-electron chi connectivity index (χ0n) is 10.7. The molecule has 2 heteroatoms. The highest BCUT2D eigenvalue weighted by molar-refractivity contribution is 9.09.